The van der Waals surface area contributed by atoms with Gasteiger partial charge in [0.15, 0.2) is 0 Å². The van der Waals surface area contributed by atoms with Crippen LogP contribution in [0.1, 0.15) is 52.2 Å². The third kappa shape index (κ3) is 3.26. The van der Waals surface area contributed by atoms with Crippen molar-refractivity contribution in [3.63, 3.8) is 0 Å². The van der Waals surface area contributed by atoms with E-state index in [9.17, 15) is 4.79 Å². The number of aromatic nitrogens is 5. The zero-order valence-corrected chi connectivity index (χ0v) is 16.9. The summed E-state index contributed by atoms with van der Waals surface area (Å²) in [5.74, 6) is 2.14. The van der Waals surface area contributed by atoms with Crippen molar-refractivity contribution in [1.82, 2.24) is 35.1 Å². The molecular weight excluding hydrogens is 358 g/mol. The molecular formula is C19H25N7O2. The van der Waals surface area contributed by atoms with Crippen LogP contribution in [0, 0.1) is 13.8 Å². The zero-order valence-electron chi connectivity index (χ0n) is 16.9. The molecule has 1 aliphatic carbocycles. The van der Waals surface area contributed by atoms with Crippen molar-refractivity contribution in [2.45, 2.75) is 45.2 Å². The molecule has 0 radical (unpaired) electrons. The Morgan fingerprint density at radius 1 is 1.32 bits per heavy atom. The third-order valence-electron chi connectivity index (χ3n) is 5.28. The molecule has 1 saturated carbocycles. The van der Waals surface area contributed by atoms with Crippen molar-refractivity contribution in [3.05, 3.63) is 34.7 Å². The number of hydrogen-bond donors (Lipinski definition) is 1. The highest BCUT2D eigenvalue weighted by Crippen LogP contribution is 2.36. The highest BCUT2D eigenvalue weighted by atomic mass is 16.5. The molecule has 1 amide bonds. The Labute approximate surface area is 163 Å². The fraction of sp³-hybridized carbons (Fsp3) is 0.526. The van der Waals surface area contributed by atoms with Crippen molar-refractivity contribution < 1.29 is 9.32 Å². The van der Waals surface area contributed by atoms with E-state index in [0.717, 1.165) is 36.7 Å². The van der Waals surface area contributed by atoms with Gasteiger partial charge in [-0.2, -0.15) is 0 Å². The van der Waals surface area contributed by atoms with Gasteiger partial charge in [0.25, 0.3) is 11.6 Å². The molecule has 1 fully saturated rings. The number of amides is 1. The third-order valence-corrected chi connectivity index (χ3v) is 5.28. The van der Waals surface area contributed by atoms with E-state index in [4.69, 9.17) is 4.52 Å². The first-order valence-corrected chi connectivity index (χ1v) is 9.41. The standard InChI is InChI=1S/C19H25N7O2/c1-10-6-14(16-11(2)24-28-19(16)20-10)18(27)21-13-7-12(8-13)17-23-22-15(26(17)5)9-25(3)4/h6,12-13H,7-9H2,1-5H3,(H,21,27). The molecule has 3 heterocycles. The smallest absolute Gasteiger partial charge is 0.258 e. The number of fused-ring (bicyclic) bond motifs is 1. The maximum absolute atomic E-state index is 12.9. The molecule has 9 nitrogen and oxygen atoms in total. The lowest BCUT2D eigenvalue weighted by atomic mass is 9.79. The molecule has 0 atom stereocenters. The molecule has 3 aromatic heterocycles. The van der Waals surface area contributed by atoms with E-state index in [1.54, 1.807) is 6.07 Å². The summed E-state index contributed by atoms with van der Waals surface area (Å²) in [4.78, 5) is 19.2. The Morgan fingerprint density at radius 3 is 2.79 bits per heavy atom. The zero-order chi connectivity index (χ0) is 20.0. The summed E-state index contributed by atoms with van der Waals surface area (Å²) in [6.45, 7) is 4.41. The van der Waals surface area contributed by atoms with Crippen molar-refractivity contribution in [1.29, 1.82) is 0 Å². The first-order chi connectivity index (χ1) is 13.3. The highest BCUT2D eigenvalue weighted by Gasteiger charge is 2.35. The van der Waals surface area contributed by atoms with Crippen LogP contribution in [0.5, 0.6) is 0 Å². The first kappa shape index (κ1) is 18.5. The molecule has 0 spiro atoms. The van der Waals surface area contributed by atoms with Gasteiger partial charge in [-0.25, -0.2) is 4.98 Å². The average Bonchev–Trinajstić information content (AvgIpc) is 3.13. The Kier molecular flexibility index (Phi) is 4.62. The molecule has 1 N–H and O–H groups in total. The van der Waals surface area contributed by atoms with Crippen molar-refractivity contribution in [2.75, 3.05) is 14.1 Å². The number of carbonyl (C=O) groups excluding carboxylic acids is 1. The fourth-order valence-corrected chi connectivity index (χ4v) is 3.76. The van der Waals surface area contributed by atoms with Crippen molar-refractivity contribution in [2.24, 2.45) is 7.05 Å². The molecule has 0 bridgehead atoms. The van der Waals surface area contributed by atoms with Gasteiger partial charge in [0, 0.05) is 24.7 Å². The van der Waals surface area contributed by atoms with E-state index in [1.165, 1.54) is 0 Å². The number of hydrogen-bond acceptors (Lipinski definition) is 7. The summed E-state index contributed by atoms with van der Waals surface area (Å²) in [7, 11) is 6.03. The summed E-state index contributed by atoms with van der Waals surface area (Å²) < 4.78 is 7.29. The average molecular weight is 383 g/mol. The largest absolute Gasteiger partial charge is 0.349 e. The summed E-state index contributed by atoms with van der Waals surface area (Å²) >= 11 is 0. The van der Waals surface area contributed by atoms with E-state index in [2.05, 4.69) is 35.1 Å². The number of carbonyl (C=O) groups is 1. The normalized spacial score (nSPS) is 19.2. The second-order valence-electron chi connectivity index (χ2n) is 7.87. The van der Waals surface area contributed by atoms with Gasteiger partial charge in [-0.15, -0.1) is 10.2 Å². The molecule has 1 aliphatic rings. The van der Waals surface area contributed by atoms with E-state index in [-0.39, 0.29) is 11.9 Å². The van der Waals surface area contributed by atoms with Crippen LogP contribution in [0.15, 0.2) is 10.6 Å². The minimum atomic E-state index is -0.114. The Morgan fingerprint density at radius 2 is 2.07 bits per heavy atom. The predicted molar refractivity (Wildman–Crippen MR) is 103 cm³/mol. The summed E-state index contributed by atoms with van der Waals surface area (Å²) in [6.07, 6.45) is 1.71. The Bertz CT molecular complexity index is 1030. The van der Waals surface area contributed by atoms with Gasteiger partial charge in [0.05, 0.1) is 23.2 Å². The van der Waals surface area contributed by atoms with Gasteiger partial charge < -0.3 is 19.3 Å². The van der Waals surface area contributed by atoms with Gasteiger partial charge in [0.1, 0.15) is 11.6 Å². The SMILES string of the molecule is Cc1cc(C(=O)NC2CC(c3nnc(CN(C)C)n3C)C2)c2c(C)noc2n1. The topological polar surface area (TPSA) is 102 Å². The van der Waals surface area contributed by atoms with E-state index in [1.807, 2.05) is 35.0 Å². The molecule has 148 valence electrons. The lowest BCUT2D eigenvalue weighted by molar-refractivity contribution is 0.0908. The molecule has 0 aliphatic heterocycles. The van der Waals surface area contributed by atoms with Crippen LogP contribution in [0.25, 0.3) is 11.1 Å². The second kappa shape index (κ2) is 6.97. The lowest BCUT2D eigenvalue weighted by Crippen LogP contribution is -2.44. The molecule has 0 aromatic carbocycles. The first-order valence-electron chi connectivity index (χ1n) is 9.41. The number of nitrogens with one attached hydrogen (secondary N) is 1. The molecule has 9 heteroatoms. The second-order valence-corrected chi connectivity index (χ2v) is 7.87. The lowest BCUT2D eigenvalue weighted by Gasteiger charge is -2.35. The highest BCUT2D eigenvalue weighted by molar-refractivity contribution is 6.06. The van der Waals surface area contributed by atoms with Crippen LogP contribution in [0.2, 0.25) is 0 Å². The Balaban J connectivity index is 1.44. The molecule has 3 aromatic rings. The van der Waals surface area contributed by atoms with Gasteiger partial charge >= 0.3 is 0 Å². The number of nitrogens with zero attached hydrogens (tertiary/aromatic N) is 6. The summed E-state index contributed by atoms with van der Waals surface area (Å²) in [5.41, 5.74) is 2.37. The van der Waals surface area contributed by atoms with Crippen LogP contribution in [0.4, 0.5) is 0 Å². The molecule has 0 saturated heterocycles. The number of rotatable bonds is 5. The van der Waals surface area contributed by atoms with Gasteiger partial charge in [0.2, 0.25) is 0 Å². The minimum Gasteiger partial charge on any atom is -0.349 e. The number of pyridine rings is 1. The summed E-state index contributed by atoms with van der Waals surface area (Å²) in [6, 6.07) is 1.91. The minimum absolute atomic E-state index is 0.114. The van der Waals surface area contributed by atoms with E-state index < -0.39 is 0 Å². The van der Waals surface area contributed by atoms with Crippen LogP contribution in [-0.4, -0.2) is 55.8 Å². The van der Waals surface area contributed by atoms with Crippen LogP contribution < -0.4 is 5.32 Å². The molecule has 0 unspecified atom stereocenters. The summed E-state index contributed by atoms with van der Waals surface area (Å²) in [5, 5.41) is 16.4. The Hall–Kier alpha value is -2.81. The van der Waals surface area contributed by atoms with E-state index in [0.29, 0.717) is 28.3 Å². The van der Waals surface area contributed by atoms with E-state index >= 15 is 0 Å². The van der Waals surface area contributed by atoms with Crippen molar-refractivity contribution in [3.8, 4) is 0 Å². The van der Waals surface area contributed by atoms with Crippen LogP contribution >= 0.6 is 0 Å². The maximum Gasteiger partial charge on any atom is 0.258 e. The number of aryl methyl sites for hydroxylation is 2. The van der Waals surface area contributed by atoms with Gasteiger partial charge in [-0.05, 0) is 46.9 Å². The van der Waals surface area contributed by atoms with Crippen molar-refractivity contribution >= 4 is 17.0 Å². The van der Waals surface area contributed by atoms with Gasteiger partial charge in [-0.1, -0.05) is 5.16 Å². The quantitative estimate of drug-likeness (QED) is 0.715. The maximum atomic E-state index is 12.9. The predicted octanol–water partition coefficient (Wildman–Crippen LogP) is 1.71. The van der Waals surface area contributed by atoms with Crippen LogP contribution in [-0.2, 0) is 13.6 Å². The fourth-order valence-electron chi connectivity index (χ4n) is 3.76. The van der Waals surface area contributed by atoms with Gasteiger partial charge in [-0.3, -0.25) is 4.79 Å². The molecule has 28 heavy (non-hydrogen) atoms. The molecule has 4 rings (SSSR count). The monoisotopic (exact) mass is 383 g/mol. The van der Waals surface area contributed by atoms with Crippen LogP contribution in [0.3, 0.4) is 0 Å².